The van der Waals surface area contributed by atoms with Crippen molar-refractivity contribution in [1.29, 1.82) is 0 Å². The molecule has 5 heteroatoms. The lowest BCUT2D eigenvalue weighted by Crippen LogP contribution is -2.31. The second kappa shape index (κ2) is 5.25. The standard InChI is InChI=1S/C17H19N3O2/c21-15-3-1-2-12(16(15)22)9-20-7-6-14-13(10-20)8-18-17(19-14)11-4-5-11/h1-3,8,11,21-22H,4-7,9-10H2. The summed E-state index contributed by atoms with van der Waals surface area (Å²) in [6.07, 6.45) is 5.32. The molecule has 0 saturated heterocycles. The third-order valence-electron chi connectivity index (χ3n) is 4.47. The summed E-state index contributed by atoms with van der Waals surface area (Å²) in [5, 5.41) is 19.5. The molecule has 0 bridgehead atoms. The van der Waals surface area contributed by atoms with E-state index >= 15 is 0 Å². The van der Waals surface area contributed by atoms with Crippen molar-refractivity contribution < 1.29 is 10.2 Å². The maximum atomic E-state index is 9.93. The number of fused-ring (bicyclic) bond motifs is 1. The molecule has 22 heavy (non-hydrogen) atoms. The van der Waals surface area contributed by atoms with Crippen LogP contribution in [0.1, 0.15) is 41.4 Å². The number of aromatic nitrogens is 2. The minimum Gasteiger partial charge on any atom is -0.504 e. The summed E-state index contributed by atoms with van der Waals surface area (Å²) in [6, 6.07) is 5.10. The Balaban J connectivity index is 1.51. The average molecular weight is 297 g/mol. The van der Waals surface area contributed by atoms with Gasteiger partial charge in [0.25, 0.3) is 0 Å². The summed E-state index contributed by atoms with van der Waals surface area (Å²) in [7, 11) is 0. The molecular formula is C17H19N3O2. The van der Waals surface area contributed by atoms with Gasteiger partial charge in [0.2, 0.25) is 0 Å². The van der Waals surface area contributed by atoms with E-state index < -0.39 is 0 Å². The first kappa shape index (κ1) is 13.5. The summed E-state index contributed by atoms with van der Waals surface area (Å²) in [6.45, 7) is 2.31. The van der Waals surface area contributed by atoms with Crippen LogP contribution in [0.3, 0.4) is 0 Å². The first-order chi connectivity index (χ1) is 10.7. The normalized spacial score (nSPS) is 18.2. The van der Waals surface area contributed by atoms with Crippen LogP contribution in [0.4, 0.5) is 0 Å². The van der Waals surface area contributed by atoms with Gasteiger partial charge >= 0.3 is 0 Å². The van der Waals surface area contributed by atoms with Gasteiger partial charge in [-0.15, -0.1) is 0 Å². The van der Waals surface area contributed by atoms with Crippen LogP contribution in [0.25, 0.3) is 0 Å². The molecule has 0 spiro atoms. The SMILES string of the molecule is Oc1cccc(CN2CCc3nc(C4CC4)ncc3C2)c1O. The highest BCUT2D eigenvalue weighted by atomic mass is 16.3. The van der Waals surface area contributed by atoms with E-state index in [0.717, 1.165) is 30.9 Å². The Hall–Kier alpha value is -2.14. The lowest BCUT2D eigenvalue weighted by Gasteiger charge is -2.28. The van der Waals surface area contributed by atoms with Crippen LogP contribution < -0.4 is 0 Å². The van der Waals surface area contributed by atoms with Crippen molar-refractivity contribution in [3.63, 3.8) is 0 Å². The zero-order chi connectivity index (χ0) is 15.1. The van der Waals surface area contributed by atoms with Gasteiger partial charge in [0, 0.05) is 55.0 Å². The Morgan fingerprint density at radius 2 is 2.09 bits per heavy atom. The van der Waals surface area contributed by atoms with Gasteiger partial charge in [0.05, 0.1) is 0 Å². The molecule has 0 radical (unpaired) electrons. The van der Waals surface area contributed by atoms with E-state index in [1.54, 1.807) is 6.07 Å². The molecule has 2 heterocycles. The van der Waals surface area contributed by atoms with Crippen molar-refractivity contribution >= 4 is 0 Å². The number of hydrogen-bond acceptors (Lipinski definition) is 5. The molecule has 4 rings (SSSR count). The predicted octanol–water partition coefficient (Wildman–Crippen LogP) is 2.32. The van der Waals surface area contributed by atoms with Crippen LogP contribution in [0.2, 0.25) is 0 Å². The Morgan fingerprint density at radius 1 is 1.23 bits per heavy atom. The average Bonchev–Trinajstić information content (AvgIpc) is 3.36. The Kier molecular flexibility index (Phi) is 3.22. The number of phenols is 2. The lowest BCUT2D eigenvalue weighted by molar-refractivity contribution is 0.238. The highest BCUT2D eigenvalue weighted by molar-refractivity contribution is 5.44. The van der Waals surface area contributed by atoms with Crippen LogP contribution in [0.5, 0.6) is 11.5 Å². The topological polar surface area (TPSA) is 69.5 Å². The quantitative estimate of drug-likeness (QED) is 0.851. The molecule has 1 aliphatic heterocycles. The smallest absolute Gasteiger partial charge is 0.161 e. The monoisotopic (exact) mass is 297 g/mol. The second-order valence-corrected chi connectivity index (χ2v) is 6.22. The van der Waals surface area contributed by atoms with Crippen molar-refractivity contribution in [2.24, 2.45) is 0 Å². The maximum Gasteiger partial charge on any atom is 0.161 e. The molecule has 1 fully saturated rings. The molecule has 1 saturated carbocycles. The molecule has 1 aromatic carbocycles. The van der Waals surface area contributed by atoms with Gasteiger partial charge in [-0.05, 0) is 18.9 Å². The van der Waals surface area contributed by atoms with Crippen molar-refractivity contribution in [2.45, 2.75) is 38.3 Å². The van der Waals surface area contributed by atoms with Gasteiger partial charge in [0.15, 0.2) is 11.5 Å². The molecule has 2 aromatic rings. The zero-order valence-corrected chi connectivity index (χ0v) is 12.4. The van der Waals surface area contributed by atoms with E-state index in [1.807, 2.05) is 12.3 Å². The summed E-state index contributed by atoms with van der Waals surface area (Å²) < 4.78 is 0. The third kappa shape index (κ3) is 2.52. The van der Waals surface area contributed by atoms with Crippen molar-refractivity contribution in [2.75, 3.05) is 6.54 Å². The first-order valence-corrected chi connectivity index (χ1v) is 7.77. The van der Waals surface area contributed by atoms with Crippen LogP contribution in [-0.2, 0) is 19.5 Å². The molecule has 5 nitrogen and oxygen atoms in total. The predicted molar refractivity (Wildman–Crippen MR) is 81.6 cm³/mol. The lowest BCUT2D eigenvalue weighted by atomic mass is 10.1. The van der Waals surface area contributed by atoms with Crippen LogP contribution in [0, 0.1) is 0 Å². The minimum atomic E-state index is -0.0627. The molecule has 0 atom stereocenters. The number of rotatable bonds is 3. The van der Waals surface area contributed by atoms with Gasteiger partial charge in [-0.1, -0.05) is 12.1 Å². The van der Waals surface area contributed by atoms with Crippen LogP contribution >= 0.6 is 0 Å². The fourth-order valence-corrected chi connectivity index (χ4v) is 3.01. The van der Waals surface area contributed by atoms with E-state index in [1.165, 1.54) is 30.2 Å². The molecular weight excluding hydrogens is 278 g/mol. The van der Waals surface area contributed by atoms with E-state index in [-0.39, 0.29) is 11.5 Å². The summed E-state index contributed by atoms with van der Waals surface area (Å²) >= 11 is 0. The largest absolute Gasteiger partial charge is 0.504 e. The van der Waals surface area contributed by atoms with Gasteiger partial charge < -0.3 is 10.2 Å². The number of phenolic OH excluding ortho intramolecular Hbond substituents is 2. The Labute approximate surface area is 129 Å². The molecule has 0 amide bonds. The van der Waals surface area contributed by atoms with Gasteiger partial charge in [-0.3, -0.25) is 4.90 Å². The van der Waals surface area contributed by atoms with E-state index in [4.69, 9.17) is 4.98 Å². The van der Waals surface area contributed by atoms with Gasteiger partial charge in [0.1, 0.15) is 5.82 Å². The molecule has 1 aromatic heterocycles. The van der Waals surface area contributed by atoms with Crippen molar-refractivity contribution in [1.82, 2.24) is 14.9 Å². The molecule has 0 unspecified atom stereocenters. The van der Waals surface area contributed by atoms with Crippen molar-refractivity contribution in [3.05, 3.63) is 47.0 Å². The fraction of sp³-hybridized carbons (Fsp3) is 0.412. The molecule has 114 valence electrons. The van der Waals surface area contributed by atoms with E-state index in [9.17, 15) is 10.2 Å². The summed E-state index contributed by atoms with van der Waals surface area (Å²) in [4.78, 5) is 11.5. The first-order valence-electron chi connectivity index (χ1n) is 7.77. The van der Waals surface area contributed by atoms with Crippen molar-refractivity contribution in [3.8, 4) is 11.5 Å². The van der Waals surface area contributed by atoms with Crippen LogP contribution in [0.15, 0.2) is 24.4 Å². The van der Waals surface area contributed by atoms with Crippen LogP contribution in [-0.4, -0.2) is 31.6 Å². The van der Waals surface area contributed by atoms with E-state index in [2.05, 4.69) is 9.88 Å². The number of nitrogens with zero attached hydrogens (tertiary/aromatic N) is 3. The second-order valence-electron chi connectivity index (χ2n) is 6.22. The number of para-hydroxylation sites is 1. The minimum absolute atomic E-state index is 0.0198. The number of aromatic hydroxyl groups is 2. The Bertz CT molecular complexity index is 713. The highest BCUT2D eigenvalue weighted by Crippen LogP contribution is 2.38. The number of hydrogen-bond donors (Lipinski definition) is 2. The van der Waals surface area contributed by atoms with Gasteiger partial charge in [-0.25, -0.2) is 9.97 Å². The zero-order valence-electron chi connectivity index (χ0n) is 12.4. The highest BCUT2D eigenvalue weighted by Gasteiger charge is 2.28. The molecule has 2 N–H and O–H groups in total. The third-order valence-corrected chi connectivity index (χ3v) is 4.47. The van der Waals surface area contributed by atoms with E-state index in [0.29, 0.717) is 12.5 Å². The summed E-state index contributed by atoms with van der Waals surface area (Å²) in [5.74, 6) is 1.52. The molecule has 2 aliphatic rings. The fourth-order valence-electron chi connectivity index (χ4n) is 3.01. The molecule has 1 aliphatic carbocycles. The summed E-state index contributed by atoms with van der Waals surface area (Å²) in [5.41, 5.74) is 3.10. The maximum absolute atomic E-state index is 9.93. The van der Waals surface area contributed by atoms with Gasteiger partial charge in [-0.2, -0.15) is 0 Å². The number of benzene rings is 1. The Morgan fingerprint density at radius 3 is 2.91 bits per heavy atom.